The normalized spacial score (nSPS) is 11.8. The topological polar surface area (TPSA) is 101 Å². The Hall–Kier alpha value is -1.12. The molecule has 0 fully saturated rings. The fourth-order valence-electron chi connectivity index (χ4n) is 1.58. The maximum atomic E-state index is 11.9. The molecule has 0 saturated carbocycles. The molecule has 0 aliphatic heterocycles. The maximum absolute atomic E-state index is 11.9. The summed E-state index contributed by atoms with van der Waals surface area (Å²) in [5.74, 6) is 0.435. The number of hydrogen-bond donors (Lipinski definition) is 2. The molecular weight excluding hydrogens is 290 g/mol. The summed E-state index contributed by atoms with van der Waals surface area (Å²) in [6.45, 7) is 4.76. The Kier molecular flexibility index (Phi) is 5.77. The number of nitrogen functional groups attached to an aromatic ring is 1. The second-order valence-corrected chi connectivity index (χ2v) is 6.24. The van der Waals surface area contributed by atoms with Crippen LogP contribution in [0.15, 0.2) is 6.07 Å². The maximum Gasteiger partial charge on any atom is 0.223 e. The largest absolute Gasteiger partial charge is 0.369 e. The molecule has 19 heavy (non-hydrogen) atoms. The summed E-state index contributed by atoms with van der Waals surface area (Å²) in [7, 11) is -3.25. The van der Waals surface area contributed by atoms with Gasteiger partial charge >= 0.3 is 0 Å². The lowest BCUT2D eigenvalue weighted by molar-refractivity contribution is 0.446. The van der Waals surface area contributed by atoms with Crippen LogP contribution in [-0.4, -0.2) is 48.1 Å². The average Bonchev–Trinajstić information content (AvgIpc) is 2.28. The average molecular weight is 308 g/mol. The fourth-order valence-corrected chi connectivity index (χ4v) is 3.17. The predicted octanol–water partition coefficient (Wildman–Crippen LogP) is 0.796. The standard InChI is InChI=1S/C10H18ClN5O2S/c1-3-16(4-2)19(17,18)6-5-13-9-7-8(11)14-10(12)15-9/h7H,3-6H2,1-2H3,(H3,12,13,14,15). The van der Waals surface area contributed by atoms with Gasteiger partial charge in [-0.05, 0) is 0 Å². The number of nitrogens with zero attached hydrogens (tertiary/aromatic N) is 3. The molecule has 0 spiro atoms. The molecule has 0 aliphatic carbocycles. The molecule has 0 aliphatic rings. The van der Waals surface area contributed by atoms with Gasteiger partial charge in [-0.25, -0.2) is 17.7 Å². The Balaban J connectivity index is 2.59. The van der Waals surface area contributed by atoms with E-state index in [1.54, 1.807) is 13.8 Å². The predicted molar refractivity (Wildman–Crippen MR) is 76.7 cm³/mol. The lowest BCUT2D eigenvalue weighted by atomic mass is 10.5. The van der Waals surface area contributed by atoms with Crippen LogP contribution in [0.2, 0.25) is 5.15 Å². The third-order valence-electron chi connectivity index (χ3n) is 2.48. The van der Waals surface area contributed by atoms with Gasteiger partial charge in [-0.1, -0.05) is 25.4 Å². The summed E-state index contributed by atoms with van der Waals surface area (Å²) in [5, 5.41) is 3.07. The van der Waals surface area contributed by atoms with Crippen molar-refractivity contribution >= 4 is 33.4 Å². The molecular formula is C10H18ClN5O2S. The van der Waals surface area contributed by atoms with E-state index in [0.717, 1.165) is 0 Å². The molecule has 0 radical (unpaired) electrons. The van der Waals surface area contributed by atoms with E-state index >= 15 is 0 Å². The number of anilines is 2. The van der Waals surface area contributed by atoms with Crippen molar-refractivity contribution < 1.29 is 8.42 Å². The van der Waals surface area contributed by atoms with E-state index in [0.29, 0.717) is 18.9 Å². The smallest absolute Gasteiger partial charge is 0.223 e. The van der Waals surface area contributed by atoms with Crippen molar-refractivity contribution in [2.24, 2.45) is 0 Å². The van der Waals surface area contributed by atoms with E-state index in [9.17, 15) is 8.42 Å². The summed E-state index contributed by atoms with van der Waals surface area (Å²) in [5.41, 5.74) is 5.44. The number of sulfonamides is 1. The van der Waals surface area contributed by atoms with Gasteiger partial charge in [-0.15, -0.1) is 0 Å². The monoisotopic (exact) mass is 307 g/mol. The Morgan fingerprint density at radius 3 is 2.53 bits per heavy atom. The van der Waals surface area contributed by atoms with E-state index < -0.39 is 10.0 Å². The summed E-state index contributed by atoms with van der Waals surface area (Å²) in [4.78, 5) is 7.61. The van der Waals surface area contributed by atoms with Crippen LogP contribution in [0.25, 0.3) is 0 Å². The summed E-state index contributed by atoms with van der Waals surface area (Å²) >= 11 is 5.72. The Morgan fingerprint density at radius 1 is 1.37 bits per heavy atom. The molecule has 7 nitrogen and oxygen atoms in total. The van der Waals surface area contributed by atoms with Crippen LogP contribution in [0.4, 0.5) is 11.8 Å². The van der Waals surface area contributed by atoms with E-state index in [4.69, 9.17) is 17.3 Å². The highest BCUT2D eigenvalue weighted by molar-refractivity contribution is 7.89. The van der Waals surface area contributed by atoms with E-state index in [2.05, 4.69) is 15.3 Å². The Morgan fingerprint density at radius 2 is 2.00 bits per heavy atom. The Bertz CT molecular complexity index is 498. The van der Waals surface area contributed by atoms with Gasteiger partial charge in [-0.2, -0.15) is 4.98 Å². The van der Waals surface area contributed by atoms with Crippen molar-refractivity contribution in [3.05, 3.63) is 11.2 Å². The molecule has 1 heterocycles. The first-order valence-corrected chi connectivity index (χ1v) is 7.89. The van der Waals surface area contributed by atoms with Gasteiger partial charge in [0.25, 0.3) is 0 Å². The van der Waals surface area contributed by atoms with Gasteiger partial charge in [0.15, 0.2) is 0 Å². The molecule has 0 aromatic carbocycles. The first-order chi connectivity index (χ1) is 8.89. The zero-order chi connectivity index (χ0) is 14.5. The number of nitrogens with one attached hydrogen (secondary N) is 1. The first kappa shape index (κ1) is 15.9. The summed E-state index contributed by atoms with van der Waals surface area (Å²) in [6.07, 6.45) is 0. The number of nitrogens with two attached hydrogens (primary N) is 1. The number of rotatable bonds is 7. The molecule has 1 aromatic rings. The van der Waals surface area contributed by atoms with Gasteiger partial charge in [0, 0.05) is 25.7 Å². The third kappa shape index (κ3) is 4.81. The highest BCUT2D eigenvalue weighted by atomic mass is 35.5. The number of halogens is 1. The van der Waals surface area contributed by atoms with Gasteiger partial charge < -0.3 is 11.1 Å². The third-order valence-corrected chi connectivity index (χ3v) is 4.69. The van der Waals surface area contributed by atoms with Gasteiger partial charge in [-0.3, -0.25) is 0 Å². The second-order valence-electron chi connectivity index (χ2n) is 3.76. The number of hydrogen-bond acceptors (Lipinski definition) is 6. The molecule has 9 heteroatoms. The van der Waals surface area contributed by atoms with E-state index in [-0.39, 0.29) is 23.4 Å². The van der Waals surface area contributed by atoms with Crippen molar-refractivity contribution in [2.45, 2.75) is 13.8 Å². The van der Waals surface area contributed by atoms with Crippen molar-refractivity contribution in [3.63, 3.8) is 0 Å². The van der Waals surface area contributed by atoms with Crippen LogP contribution in [0.1, 0.15) is 13.8 Å². The van der Waals surface area contributed by atoms with Gasteiger partial charge in [0.2, 0.25) is 16.0 Å². The molecule has 3 N–H and O–H groups in total. The highest BCUT2D eigenvalue weighted by Gasteiger charge is 2.17. The fraction of sp³-hybridized carbons (Fsp3) is 0.600. The molecule has 0 bridgehead atoms. The van der Waals surface area contributed by atoms with Crippen molar-refractivity contribution in [1.82, 2.24) is 14.3 Å². The van der Waals surface area contributed by atoms with Crippen LogP contribution in [0.3, 0.4) is 0 Å². The minimum absolute atomic E-state index is 0.0177. The summed E-state index contributed by atoms with van der Waals surface area (Å²) in [6, 6.07) is 1.49. The minimum atomic E-state index is -3.25. The zero-order valence-electron chi connectivity index (χ0n) is 10.9. The Labute approximate surface area is 118 Å². The number of aromatic nitrogens is 2. The van der Waals surface area contributed by atoms with E-state index in [1.807, 2.05) is 0 Å². The van der Waals surface area contributed by atoms with Crippen LogP contribution in [0, 0.1) is 0 Å². The SMILES string of the molecule is CCN(CC)S(=O)(=O)CCNc1cc(Cl)nc(N)n1. The second kappa shape index (κ2) is 6.88. The molecule has 1 aromatic heterocycles. The van der Waals surface area contributed by atoms with Crippen LogP contribution in [-0.2, 0) is 10.0 Å². The van der Waals surface area contributed by atoms with E-state index in [1.165, 1.54) is 10.4 Å². The van der Waals surface area contributed by atoms with Crippen LogP contribution in [0.5, 0.6) is 0 Å². The molecule has 108 valence electrons. The van der Waals surface area contributed by atoms with Crippen molar-refractivity contribution in [2.75, 3.05) is 36.4 Å². The molecule has 0 atom stereocenters. The minimum Gasteiger partial charge on any atom is -0.369 e. The zero-order valence-corrected chi connectivity index (χ0v) is 12.5. The quantitative estimate of drug-likeness (QED) is 0.722. The lowest BCUT2D eigenvalue weighted by Gasteiger charge is -2.18. The van der Waals surface area contributed by atoms with Crippen molar-refractivity contribution in [3.8, 4) is 0 Å². The lowest BCUT2D eigenvalue weighted by Crippen LogP contribution is -2.34. The molecule has 0 unspecified atom stereocenters. The van der Waals surface area contributed by atoms with Crippen LogP contribution >= 0.6 is 11.6 Å². The van der Waals surface area contributed by atoms with Gasteiger partial charge in [0.05, 0.1) is 5.75 Å². The molecule has 0 amide bonds. The van der Waals surface area contributed by atoms with Crippen LogP contribution < -0.4 is 11.1 Å². The highest BCUT2D eigenvalue weighted by Crippen LogP contribution is 2.12. The molecule has 0 saturated heterocycles. The summed E-state index contributed by atoms with van der Waals surface area (Å²) < 4.78 is 25.3. The first-order valence-electron chi connectivity index (χ1n) is 5.90. The molecule has 1 rings (SSSR count). The van der Waals surface area contributed by atoms with Gasteiger partial charge in [0.1, 0.15) is 11.0 Å². The van der Waals surface area contributed by atoms with Crippen molar-refractivity contribution in [1.29, 1.82) is 0 Å².